The Bertz CT molecular complexity index is 378. The van der Waals surface area contributed by atoms with E-state index in [0.717, 1.165) is 12.1 Å². The van der Waals surface area contributed by atoms with Crippen LogP contribution in [-0.2, 0) is 6.42 Å². The molecule has 0 amide bonds. The van der Waals surface area contributed by atoms with Crippen LogP contribution in [0, 0.1) is 0 Å². The van der Waals surface area contributed by atoms with Gasteiger partial charge in [-0.05, 0) is 36.1 Å². The first-order chi connectivity index (χ1) is 6.90. The fourth-order valence-electron chi connectivity index (χ4n) is 1.37. The zero-order valence-electron chi connectivity index (χ0n) is 7.81. The molecule has 0 bridgehead atoms. The summed E-state index contributed by atoms with van der Waals surface area (Å²) in [5, 5.41) is 1.99. The van der Waals surface area contributed by atoms with E-state index in [1.165, 1.54) is 22.7 Å². The van der Waals surface area contributed by atoms with Gasteiger partial charge in [-0.15, -0.1) is 0 Å². The SMILES string of the molecule is NCCc1ccc(-c2ccsn2)cc1. The zero-order chi connectivity index (χ0) is 9.80. The fraction of sp³-hybridized carbons (Fsp3) is 0.182. The quantitative estimate of drug-likeness (QED) is 0.833. The highest BCUT2D eigenvalue weighted by atomic mass is 32.1. The van der Waals surface area contributed by atoms with Crippen molar-refractivity contribution < 1.29 is 0 Å². The van der Waals surface area contributed by atoms with E-state index in [4.69, 9.17) is 5.73 Å². The molecule has 0 radical (unpaired) electrons. The summed E-state index contributed by atoms with van der Waals surface area (Å²) in [5.74, 6) is 0. The Morgan fingerprint density at radius 1 is 1.14 bits per heavy atom. The molecule has 72 valence electrons. The van der Waals surface area contributed by atoms with Crippen LogP contribution in [0.15, 0.2) is 35.7 Å². The Labute approximate surface area is 87.6 Å². The molecule has 0 aliphatic heterocycles. The molecular weight excluding hydrogens is 192 g/mol. The van der Waals surface area contributed by atoms with Crippen LogP contribution in [0.2, 0.25) is 0 Å². The van der Waals surface area contributed by atoms with Gasteiger partial charge in [-0.1, -0.05) is 24.3 Å². The minimum Gasteiger partial charge on any atom is -0.330 e. The summed E-state index contributed by atoms with van der Waals surface area (Å²) in [5.41, 5.74) is 8.99. The van der Waals surface area contributed by atoms with Gasteiger partial charge >= 0.3 is 0 Å². The van der Waals surface area contributed by atoms with Gasteiger partial charge < -0.3 is 5.73 Å². The maximum Gasteiger partial charge on any atom is 0.0840 e. The molecule has 1 aromatic carbocycles. The second kappa shape index (κ2) is 4.35. The lowest BCUT2D eigenvalue weighted by Crippen LogP contribution is -2.02. The largest absolute Gasteiger partial charge is 0.330 e. The van der Waals surface area contributed by atoms with Crippen molar-refractivity contribution in [2.75, 3.05) is 6.54 Å². The third kappa shape index (κ3) is 2.00. The highest BCUT2D eigenvalue weighted by Gasteiger charge is 1.98. The first kappa shape index (κ1) is 9.37. The molecule has 14 heavy (non-hydrogen) atoms. The van der Waals surface area contributed by atoms with Gasteiger partial charge in [0.2, 0.25) is 0 Å². The Morgan fingerprint density at radius 2 is 1.93 bits per heavy atom. The van der Waals surface area contributed by atoms with Crippen LogP contribution < -0.4 is 5.73 Å². The molecule has 0 unspecified atom stereocenters. The molecule has 1 aromatic heterocycles. The zero-order valence-corrected chi connectivity index (χ0v) is 8.63. The summed E-state index contributed by atoms with van der Waals surface area (Å²) in [4.78, 5) is 0. The van der Waals surface area contributed by atoms with Crippen LogP contribution in [0.3, 0.4) is 0 Å². The first-order valence-electron chi connectivity index (χ1n) is 4.60. The smallest absolute Gasteiger partial charge is 0.0840 e. The second-order valence-corrected chi connectivity index (χ2v) is 3.79. The molecule has 2 aromatic rings. The van der Waals surface area contributed by atoms with Crippen LogP contribution in [0.5, 0.6) is 0 Å². The summed E-state index contributed by atoms with van der Waals surface area (Å²) in [7, 11) is 0. The van der Waals surface area contributed by atoms with Crippen molar-refractivity contribution in [1.29, 1.82) is 0 Å². The van der Waals surface area contributed by atoms with E-state index in [1.54, 1.807) is 0 Å². The van der Waals surface area contributed by atoms with E-state index in [0.29, 0.717) is 6.54 Å². The molecule has 0 saturated carbocycles. The van der Waals surface area contributed by atoms with E-state index >= 15 is 0 Å². The first-order valence-corrected chi connectivity index (χ1v) is 5.43. The van der Waals surface area contributed by atoms with E-state index in [9.17, 15) is 0 Å². The maximum atomic E-state index is 5.48. The predicted octanol–water partition coefficient (Wildman–Crippen LogP) is 2.31. The lowest BCUT2D eigenvalue weighted by Gasteiger charge is -2.00. The molecule has 2 nitrogen and oxygen atoms in total. The molecule has 0 atom stereocenters. The van der Waals surface area contributed by atoms with Gasteiger partial charge in [0.1, 0.15) is 0 Å². The van der Waals surface area contributed by atoms with Gasteiger partial charge in [-0.2, -0.15) is 4.37 Å². The van der Waals surface area contributed by atoms with Gasteiger partial charge in [-0.25, -0.2) is 0 Å². The fourth-order valence-corrected chi connectivity index (χ4v) is 1.90. The minimum atomic E-state index is 0.704. The Hall–Kier alpha value is -1.19. The molecule has 2 rings (SSSR count). The van der Waals surface area contributed by atoms with Crippen molar-refractivity contribution in [1.82, 2.24) is 4.37 Å². The van der Waals surface area contributed by atoms with Gasteiger partial charge in [-0.3, -0.25) is 0 Å². The lowest BCUT2D eigenvalue weighted by molar-refractivity contribution is 0.969. The van der Waals surface area contributed by atoms with Crippen LogP contribution >= 0.6 is 11.5 Å². The number of nitrogens with zero attached hydrogens (tertiary/aromatic N) is 1. The predicted molar refractivity (Wildman–Crippen MR) is 60.3 cm³/mol. The molecule has 0 fully saturated rings. The number of hydrogen-bond acceptors (Lipinski definition) is 3. The Balaban J connectivity index is 2.22. The summed E-state index contributed by atoms with van der Waals surface area (Å²) < 4.78 is 4.28. The summed E-state index contributed by atoms with van der Waals surface area (Å²) in [6.07, 6.45) is 0.942. The van der Waals surface area contributed by atoms with Gasteiger partial charge in [0.05, 0.1) is 5.69 Å². The summed E-state index contributed by atoms with van der Waals surface area (Å²) in [6, 6.07) is 10.5. The number of hydrogen-bond donors (Lipinski definition) is 1. The minimum absolute atomic E-state index is 0.704. The molecule has 0 spiro atoms. The van der Waals surface area contributed by atoms with Gasteiger partial charge in [0.25, 0.3) is 0 Å². The average molecular weight is 204 g/mol. The highest BCUT2D eigenvalue weighted by molar-refractivity contribution is 7.03. The topological polar surface area (TPSA) is 38.9 Å². The number of benzene rings is 1. The average Bonchev–Trinajstić information content (AvgIpc) is 2.72. The van der Waals surface area contributed by atoms with Crippen LogP contribution in [0.1, 0.15) is 5.56 Å². The molecule has 0 saturated heterocycles. The van der Waals surface area contributed by atoms with E-state index in [-0.39, 0.29) is 0 Å². The van der Waals surface area contributed by atoms with Crippen molar-refractivity contribution in [2.24, 2.45) is 5.73 Å². The molecule has 1 heterocycles. The number of aromatic nitrogens is 1. The molecule has 3 heteroatoms. The monoisotopic (exact) mass is 204 g/mol. The van der Waals surface area contributed by atoms with Crippen molar-refractivity contribution in [2.45, 2.75) is 6.42 Å². The molecule has 0 aliphatic carbocycles. The summed E-state index contributed by atoms with van der Waals surface area (Å²) in [6.45, 7) is 0.704. The van der Waals surface area contributed by atoms with Crippen LogP contribution in [0.25, 0.3) is 11.3 Å². The van der Waals surface area contributed by atoms with Crippen molar-refractivity contribution in [3.05, 3.63) is 41.3 Å². The van der Waals surface area contributed by atoms with Crippen molar-refractivity contribution in [3.8, 4) is 11.3 Å². The Morgan fingerprint density at radius 3 is 2.50 bits per heavy atom. The Kier molecular flexibility index (Phi) is 2.91. The standard InChI is InChI=1S/C11H12N2S/c12-7-5-9-1-3-10(4-2-9)11-6-8-14-13-11/h1-4,6,8H,5,7,12H2. The van der Waals surface area contributed by atoms with Crippen molar-refractivity contribution >= 4 is 11.5 Å². The van der Waals surface area contributed by atoms with Gasteiger partial charge in [0, 0.05) is 10.9 Å². The van der Waals surface area contributed by atoms with Gasteiger partial charge in [0.15, 0.2) is 0 Å². The number of rotatable bonds is 3. The molecule has 0 aliphatic rings. The molecule has 2 N–H and O–H groups in total. The maximum absolute atomic E-state index is 5.48. The summed E-state index contributed by atoms with van der Waals surface area (Å²) >= 11 is 1.48. The van der Waals surface area contributed by atoms with Crippen LogP contribution in [0.4, 0.5) is 0 Å². The second-order valence-electron chi connectivity index (χ2n) is 3.12. The van der Waals surface area contributed by atoms with E-state index in [2.05, 4.69) is 28.6 Å². The lowest BCUT2D eigenvalue weighted by atomic mass is 10.1. The molecular formula is C11H12N2S. The normalized spacial score (nSPS) is 10.4. The van der Waals surface area contributed by atoms with Crippen LogP contribution in [-0.4, -0.2) is 10.9 Å². The van der Waals surface area contributed by atoms with E-state index in [1.807, 2.05) is 11.4 Å². The third-order valence-electron chi connectivity index (χ3n) is 2.12. The number of nitrogens with two attached hydrogens (primary N) is 1. The van der Waals surface area contributed by atoms with E-state index < -0.39 is 0 Å². The highest BCUT2D eigenvalue weighted by Crippen LogP contribution is 2.18. The van der Waals surface area contributed by atoms with Crippen molar-refractivity contribution in [3.63, 3.8) is 0 Å². The third-order valence-corrected chi connectivity index (χ3v) is 2.68.